The van der Waals surface area contributed by atoms with Crippen molar-refractivity contribution < 1.29 is 27.5 Å². The molecule has 0 spiro atoms. The molecule has 2 heterocycles. The quantitative estimate of drug-likeness (QED) is 0.596. The maximum absolute atomic E-state index is 12.6. The predicted molar refractivity (Wildman–Crippen MR) is 105 cm³/mol. The SMILES string of the molecule is O=C1CN(C(=O)CSc2nnc(-c3ccc(OC(F)F)cc3)o2)c2ccccc2N1. The monoisotopic (exact) mass is 432 g/mol. The molecule has 1 aromatic heterocycles. The highest BCUT2D eigenvalue weighted by Crippen LogP contribution is 2.30. The van der Waals surface area contributed by atoms with Gasteiger partial charge in [-0.05, 0) is 36.4 Å². The van der Waals surface area contributed by atoms with Gasteiger partial charge in [0.25, 0.3) is 5.22 Å². The van der Waals surface area contributed by atoms with E-state index in [9.17, 15) is 18.4 Å². The van der Waals surface area contributed by atoms with Crippen molar-refractivity contribution in [3.05, 3.63) is 48.5 Å². The highest BCUT2D eigenvalue weighted by Gasteiger charge is 2.27. The fourth-order valence-corrected chi connectivity index (χ4v) is 3.46. The molecule has 154 valence electrons. The van der Waals surface area contributed by atoms with Crippen molar-refractivity contribution in [1.29, 1.82) is 0 Å². The number of fused-ring (bicyclic) bond motifs is 1. The molecule has 11 heteroatoms. The summed E-state index contributed by atoms with van der Waals surface area (Å²) in [6, 6.07) is 12.8. The Morgan fingerprint density at radius 1 is 1.20 bits per heavy atom. The summed E-state index contributed by atoms with van der Waals surface area (Å²) in [5.74, 6) is -0.373. The average Bonchev–Trinajstić information content (AvgIpc) is 3.20. The summed E-state index contributed by atoms with van der Waals surface area (Å²) in [6.45, 7) is -2.98. The summed E-state index contributed by atoms with van der Waals surface area (Å²) < 4.78 is 34.2. The fourth-order valence-electron chi connectivity index (χ4n) is 2.82. The van der Waals surface area contributed by atoms with Crippen LogP contribution < -0.4 is 15.0 Å². The molecule has 1 N–H and O–H groups in total. The van der Waals surface area contributed by atoms with E-state index in [1.54, 1.807) is 24.3 Å². The first-order valence-electron chi connectivity index (χ1n) is 8.70. The van der Waals surface area contributed by atoms with Gasteiger partial charge < -0.3 is 19.4 Å². The smallest absolute Gasteiger partial charge is 0.387 e. The van der Waals surface area contributed by atoms with Gasteiger partial charge in [-0.2, -0.15) is 8.78 Å². The van der Waals surface area contributed by atoms with Crippen LogP contribution in [-0.2, 0) is 9.59 Å². The summed E-state index contributed by atoms with van der Waals surface area (Å²) in [7, 11) is 0. The fraction of sp³-hybridized carbons (Fsp3) is 0.158. The molecule has 30 heavy (non-hydrogen) atoms. The minimum atomic E-state index is -2.90. The standard InChI is InChI=1S/C19H14F2N4O4S/c20-18(21)28-12-7-5-11(6-8-12)17-23-24-19(29-17)30-10-16(27)25-9-15(26)22-13-3-1-2-4-14(13)25/h1-8,18H,9-10H2,(H,22,26). The molecule has 1 aliphatic heterocycles. The lowest BCUT2D eigenvalue weighted by Crippen LogP contribution is -2.43. The van der Waals surface area contributed by atoms with Crippen LogP contribution in [0.2, 0.25) is 0 Å². The van der Waals surface area contributed by atoms with E-state index in [0.717, 1.165) is 11.8 Å². The van der Waals surface area contributed by atoms with Gasteiger partial charge in [0.15, 0.2) is 0 Å². The Morgan fingerprint density at radius 3 is 2.73 bits per heavy atom. The highest BCUT2D eigenvalue weighted by atomic mass is 32.2. The van der Waals surface area contributed by atoms with Crippen molar-refractivity contribution in [3.63, 3.8) is 0 Å². The second-order valence-electron chi connectivity index (χ2n) is 6.11. The zero-order valence-electron chi connectivity index (χ0n) is 15.2. The number of benzene rings is 2. The molecule has 0 aliphatic carbocycles. The van der Waals surface area contributed by atoms with Gasteiger partial charge in [0.2, 0.25) is 17.7 Å². The van der Waals surface area contributed by atoms with Crippen LogP contribution in [0.25, 0.3) is 11.5 Å². The van der Waals surface area contributed by atoms with E-state index in [4.69, 9.17) is 4.42 Å². The number of hydrogen-bond acceptors (Lipinski definition) is 7. The Labute approximate surface area is 173 Å². The number of carbonyl (C=O) groups excluding carboxylic acids is 2. The minimum absolute atomic E-state index is 0.00951. The molecule has 1 aliphatic rings. The molecule has 0 bridgehead atoms. The number of nitrogens with one attached hydrogen (secondary N) is 1. The first-order valence-corrected chi connectivity index (χ1v) is 9.69. The number of alkyl halides is 2. The molecule has 8 nitrogen and oxygen atoms in total. The van der Waals surface area contributed by atoms with Crippen LogP contribution in [0.4, 0.5) is 20.2 Å². The highest BCUT2D eigenvalue weighted by molar-refractivity contribution is 7.99. The van der Waals surface area contributed by atoms with Crippen LogP contribution in [0.3, 0.4) is 0 Å². The molecule has 2 aromatic carbocycles. The van der Waals surface area contributed by atoms with Crippen LogP contribution in [-0.4, -0.2) is 40.9 Å². The third-order valence-electron chi connectivity index (χ3n) is 4.12. The van der Waals surface area contributed by atoms with E-state index < -0.39 is 6.61 Å². The topological polar surface area (TPSA) is 97.6 Å². The number of amides is 2. The normalized spacial score (nSPS) is 13.2. The van der Waals surface area contributed by atoms with E-state index in [-0.39, 0.29) is 41.0 Å². The minimum Gasteiger partial charge on any atom is -0.435 e. The number of halogens is 2. The van der Waals surface area contributed by atoms with Crippen LogP contribution in [0, 0.1) is 0 Å². The molecule has 0 saturated heterocycles. The van der Waals surface area contributed by atoms with E-state index >= 15 is 0 Å². The number of carbonyl (C=O) groups is 2. The summed E-state index contributed by atoms with van der Waals surface area (Å²) in [4.78, 5) is 25.9. The molecule has 0 fully saturated rings. The van der Waals surface area contributed by atoms with Crippen molar-refractivity contribution in [3.8, 4) is 17.2 Å². The van der Waals surface area contributed by atoms with Gasteiger partial charge in [0.05, 0.1) is 17.1 Å². The van der Waals surface area contributed by atoms with Crippen molar-refractivity contribution in [2.45, 2.75) is 11.8 Å². The van der Waals surface area contributed by atoms with Crippen LogP contribution in [0.5, 0.6) is 5.75 Å². The van der Waals surface area contributed by atoms with Crippen molar-refractivity contribution in [1.82, 2.24) is 10.2 Å². The zero-order valence-corrected chi connectivity index (χ0v) is 16.1. The molecule has 4 rings (SSSR count). The lowest BCUT2D eigenvalue weighted by atomic mass is 10.2. The second-order valence-corrected chi connectivity index (χ2v) is 7.04. The van der Waals surface area contributed by atoms with Gasteiger partial charge in [-0.25, -0.2) is 0 Å². The Hall–Kier alpha value is -3.47. The van der Waals surface area contributed by atoms with Gasteiger partial charge >= 0.3 is 6.61 Å². The summed E-state index contributed by atoms with van der Waals surface area (Å²) >= 11 is 1.04. The van der Waals surface area contributed by atoms with Crippen LogP contribution in [0.1, 0.15) is 0 Å². The molecule has 3 aromatic rings. The van der Waals surface area contributed by atoms with Crippen molar-refractivity contribution >= 4 is 35.0 Å². The number of nitrogens with zero attached hydrogens (tertiary/aromatic N) is 3. The predicted octanol–water partition coefficient (Wildman–Crippen LogP) is 3.42. The summed E-state index contributed by atoms with van der Waals surface area (Å²) in [5.41, 5.74) is 1.72. The van der Waals surface area contributed by atoms with Crippen molar-refractivity contribution in [2.24, 2.45) is 0 Å². The Balaban J connectivity index is 1.40. The summed E-state index contributed by atoms with van der Waals surface area (Å²) in [5, 5.41) is 10.7. The number of thioether (sulfide) groups is 1. The van der Waals surface area contributed by atoms with Gasteiger partial charge in [-0.3, -0.25) is 9.59 Å². The van der Waals surface area contributed by atoms with Gasteiger partial charge in [-0.1, -0.05) is 23.9 Å². The Bertz CT molecular complexity index is 1070. The first kappa shape index (κ1) is 19.8. The molecule has 0 radical (unpaired) electrons. The lowest BCUT2D eigenvalue weighted by molar-refractivity contribution is -0.120. The molecular weight excluding hydrogens is 418 g/mol. The van der Waals surface area contributed by atoms with Crippen molar-refractivity contribution in [2.75, 3.05) is 22.5 Å². The summed E-state index contributed by atoms with van der Waals surface area (Å²) in [6.07, 6.45) is 0. The van der Waals surface area contributed by atoms with E-state index in [1.165, 1.54) is 29.2 Å². The number of para-hydroxylation sites is 2. The zero-order chi connectivity index (χ0) is 21.1. The lowest BCUT2D eigenvalue weighted by Gasteiger charge is -2.28. The maximum atomic E-state index is 12.6. The van der Waals surface area contributed by atoms with E-state index in [1.807, 2.05) is 0 Å². The van der Waals surface area contributed by atoms with Gasteiger partial charge in [0.1, 0.15) is 12.3 Å². The number of rotatable bonds is 6. The third kappa shape index (κ3) is 4.40. The number of ether oxygens (including phenoxy) is 1. The van der Waals surface area contributed by atoms with Gasteiger partial charge in [-0.15, -0.1) is 10.2 Å². The molecule has 0 atom stereocenters. The van der Waals surface area contributed by atoms with Gasteiger partial charge in [0, 0.05) is 5.56 Å². The first-order chi connectivity index (χ1) is 14.5. The van der Waals surface area contributed by atoms with Crippen LogP contribution >= 0.6 is 11.8 Å². The van der Waals surface area contributed by atoms with E-state index in [0.29, 0.717) is 16.9 Å². The molecular formula is C19H14F2N4O4S. The number of hydrogen-bond donors (Lipinski definition) is 1. The Kier molecular flexibility index (Phi) is 5.61. The third-order valence-corrected chi connectivity index (χ3v) is 4.93. The number of anilines is 2. The molecule has 0 saturated carbocycles. The Morgan fingerprint density at radius 2 is 1.97 bits per heavy atom. The maximum Gasteiger partial charge on any atom is 0.387 e. The molecule has 2 amide bonds. The van der Waals surface area contributed by atoms with Crippen LogP contribution in [0.15, 0.2) is 58.2 Å². The average molecular weight is 432 g/mol. The van der Waals surface area contributed by atoms with E-state index in [2.05, 4.69) is 20.3 Å². The second kappa shape index (κ2) is 8.49. The molecule has 0 unspecified atom stereocenters. The number of aromatic nitrogens is 2. The largest absolute Gasteiger partial charge is 0.435 e.